The normalized spacial score (nSPS) is 11.3. The maximum atomic E-state index is 13.0. The summed E-state index contributed by atoms with van der Waals surface area (Å²) in [5.74, 6) is -1.00. The standard InChI is InChI=1S/C12H13FN2O3/c1-7(2)3-4-15-10-9(5-8(13)6-14-10)11(16)18-12(15)17/h5-7H,3-4H2,1-2H3. The summed E-state index contributed by atoms with van der Waals surface area (Å²) in [6.45, 7) is 4.41. The molecule has 5 nitrogen and oxygen atoms in total. The van der Waals surface area contributed by atoms with E-state index in [1.807, 2.05) is 13.8 Å². The number of nitrogens with zero attached hydrogens (tertiary/aromatic N) is 2. The molecule has 0 amide bonds. The van der Waals surface area contributed by atoms with Crippen LogP contribution in [0.15, 0.2) is 26.3 Å². The summed E-state index contributed by atoms with van der Waals surface area (Å²) in [6.07, 6.45) is 1.72. The van der Waals surface area contributed by atoms with Gasteiger partial charge in [-0.1, -0.05) is 13.8 Å². The Balaban J connectivity index is 2.65. The third kappa shape index (κ3) is 2.32. The lowest BCUT2D eigenvalue weighted by molar-refractivity contribution is 0.397. The number of hydrogen-bond acceptors (Lipinski definition) is 4. The number of hydrogen-bond donors (Lipinski definition) is 0. The lowest BCUT2D eigenvalue weighted by atomic mass is 10.1. The van der Waals surface area contributed by atoms with E-state index in [0.717, 1.165) is 18.7 Å². The zero-order valence-electron chi connectivity index (χ0n) is 10.1. The van der Waals surface area contributed by atoms with Crippen molar-refractivity contribution >= 4 is 11.0 Å². The van der Waals surface area contributed by atoms with Crippen molar-refractivity contribution in [2.24, 2.45) is 5.92 Å². The molecule has 0 radical (unpaired) electrons. The average molecular weight is 252 g/mol. The molecule has 0 aliphatic rings. The minimum absolute atomic E-state index is 0.0154. The molecule has 0 unspecified atom stereocenters. The van der Waals surface area contributed by atoms with Crippen LogP contribution >= 0.6 is 0 Å². The lowest BCUT2D eigenvalue weighted by Gasteiger charge is -2.08. The van der Waals surface area contributed by atoms with Gasteiger partial charge < -0.3 is 4.42 Å². The summed E-state index contributed by atoms with van der Waals surface area (Å²) in [5.41, 5.74) is -0.693. The van der Waals surface area contributed by atoms with Gasteiger partial charge in [0.15, 0.2) is 5.65 Å². The van der Waals surface area contributed by atoms with Gasteiger partial charge in [0, 0.05) is 6.54 Å². The molecule has 0 fully saturated rings. The van der Waals surface area contributed by atoms with Crippen molar-refractivity contribution in [1.82, 2.24) is 9.55 Å². The molecule has 0 bridgehead atoms. The fourth-order valence-electron chi connectivity index (χ4n) is 1.66. The summed E-state index contributed by atoms with van der Waals surface area (Å²) < 4.78 is 18.8. The molecule has 0 saturated carbocycles. The number of pyridine rings is 1. The molecule has 0 aromatic carbocycles. The monoisotopic (exact) mass is 252 g/mol. The molecule has 6 heteroatoms. The highest BCUT2D eigenvalue weighted by molar-refractivity contribution is 5.72. The van der Waals surface area contributed by atoms with Gasteiger partial charge in [-0.15, -0.1) is 0 Å². The van der Waals surface area contributed by atoms with Crippen LogP contribution in [0.1, 0.15) is 20.3 Å². The van der Waals surface area contributed by atoms with E-state index in [9.17, 15) is 14.0 Å². The van der Waals surface area contributed by atoms with E-state index in [1.54, 1.807) is 0 Å². The molecule has 0 spiro atoms. The molecular formula is C12H13FN2O3. The van der Waals surface area contributed by atoms with Crippen molar-refractivity contribution in [3.8, 4) is 0 Å². The first-order valence-electron chi connectivity index (χ1n) is 5.68. The smallest absolute Gasteiger partial charge is 0.372 e. The molecule has 0 saturated heterocycles. The highest BCUT2D eigenvalue weighted by atomic mass is 19.1. The molecule has 0 atom stereocenters. The molecular weight excluding hydrogens is 239 g/mol. The number of halogens is 1. The second-order valence-corrected chi connectivity index (χ2v) is 4.51. The Morgan fingerprint density at radius 2 is 2.17 bits per heavy atom. The minimum Gasteiger partial charge on any atom is -0.372 e. The van der Waals surface area contributed by atoms with Crippen LogP contribution in [-0.4, -0.2) is 9.55 Å². The fourth-order valence-corrected chi connectivity index (χ4v) is 1.66. The maximum Gasteiger partial charge on any atom is 0.423 e. The van der Waals surface area contributed by atoms with Gasteiger partial charge in [-0.2, -0.15) is 0 Å². The number of fused-ring (bicyclic) bond motifs is 1. The fraction of sp³-hybridized carbons (Fsp3) is 0.417. The Morgan fingerprint density at radius 3 is 2.83 bits per heavy atom. The average Bonchev–Trinajstić information content (AvgIpc) is 2.29. The van der Waals surface area contributed by atoms with Gasteiger partial charge in [0.05, 0.1) is 6.20 Å². The number of rotatable bonds is 3. The highest BCUT2D eigenvalue weighted by Gasteiger charge is 2.11. The van der Waals surface area contributed by atoms with Crippen LogP contribution in [0.3, 0.4) is 0 Å². The second kappa shape index (κ2) is 4.72. The summed E-state index contributed by atoms with van der Waals surface area (Å²) in [7, 11) is 0. The summed E-state index contributed by atoms with van der Waals surface area (Å²) in [6, 6.07) is 1.03. The van der Waals surface area contributed by atoms with Crippen molar-refractivity contribution in [1.29, 1.82) is 0 Å². The largest absolute Gasteiger partial charge is 0.423 e. The Bertz CT molecular complexity index is 688. The Kier molecular flexibility index (Phi) is 3.27. The van der Waals surface area contributed by atoms with Crippen molar-refractivity contribution in [3.05, 3.63) is 39.1 Å². The third-order valence-electron chi connectivity index (χ3n) is 2.64. The van der Waals surface area contributed by atoms with Crippen LogP contribution in [0.5, 0.6) is 0 Å². The van der Waals surface area contributed by atoms with E-state index in [2.05, 4.69) is 9.40 Å². The van der Waals surface area contributed by atoms with Gasteiger partial charge in [0.25, 0.3) is 0 Å². The first-order valence-corrected chi connectivity index (χ1v) is 5.68. The first-order chi connectivity index (χ1) is 8.49. The first kappa shape index (κ1) is 12.5. The Hall–Kier alpha value is -1.98. The zero-order chi connectivity index (χ0) is 13.3. The summed E-state index contributed by atoms with van der Waals surface area (Å²) in [5, 5.41) is -0.0154. The minimum atomic E-state index is -0.859. The second-order valence-electron chi connectivity index (χ2n) is 4.51. The molecule has 0 aliphatic heterocycles. The topological polar surface area (TPSA) is 65.1 Å². The lowest BCUT2D eigenvalue weighted by Crippen LogP contribution is -2.26. The Labute approximate surface area is 102 Å². The third-order valence-corrected chi connectivity index (χ3v) is 2.64. The van der Waals surface area contributed by atoms with Crippen molar-refractivity contribution < 1.29 is 8.81 Å². The van der Waals surface area contributed by atoms with Gasteiger partial charge >= 0.3 is 11.4 Å². The molecule has 2 aromatic heterocycles. The van der Waals surface area contributed by atoms with Gasteiger partial charge in [-0.25, -0.2) is 19.0 Å². The van der Waals surface area contributed by atoms with E-state index >= 15 is 0 Å². The summed E-state index contributed by atoms with van der Waals surface area (Å²) >= 11 is 0. The zero-order valence-corrected chi connectivity index (χ0v) is 10.1. The maximum absolute atomic E-state index is 13.0. The van der Waals surface area contributed by atoms with Crippen LogP contribution in [-0.2, 0) is 6.54 Å². The molecule has 2 aromatic rings. The van der Waals surface area contributed by atoms with Crippen LogP contribution in [0.4, 0.5) is 4.39 Å². The highest BCUT2D eigenvalue weighted by Crippen LogP contribution is 2.09. The van der Waals surface area contributed by atoms with Crippen LogP contribution in [0.2, 0.25) is 0 Å². The quantitative estimate of drug-likeness (QED) is 0.831. The van der Waals surface area contributed by atoms with E-state index in [4.69, 9.17) is 0 Å². The number of aryl methyl sites for hydroxylation is 1. The van der Waals surface area contributed by atoms with Gasteiger partial charge in [-0.05, 0) is 18.4 Å². The van der Waals surface area contributed by atoms with Crippen LogP contribution in [0, 0.1) is 11.7 Å². The van der Waals surface area contributed by atoms with Crippen molar-refractivity contribution in [2.75, 3.05) is 0 Å². The molecule has 18 heavy (non-hydrogen) atoms. The predicted molar refractivity (Wildman–Crippen MR) is 64.0 cm³/mol. The van der Waals surface area contributed by atoms with E-state index in [1.165, 1.54) is 4.57 Å². The predicted octanol–water partition coefficient (Wildman–Crippen LogP) is 1.53. The van der Waals surface area contributed by atoms with E-state index < -0.39 is 17.2 Å². The molecule has 0 N–H and O–H groups in total. The van der Waals surface area contributed by atoms with E-state index in [0.29, 0.717) is 12.5 Å². The van der Waals surface area contributed by atoms with Crippen molar-refractivity contribution in [2.45, 2.75) is 26.8 Å². The molecule has 0 aliphatic carbocycles. The SMILES string of the molecule is CC(C)CCn1c(=O)oc(=O)c2cc(F)cnc21. The molecule has 96 valence electrons. The Morgan fingerprint density at radius 1 is 1.44 bits per heavy atom. The molecule has 2 rings (SSSR count). The van der Waals surface area contributed by atoms with Gasteiger partial charge in [-0.3, -0.25) is 4.57 Å². The van der Waals surface area contributed by atoms with Gasteiger partial charge in [0.2, 0.25) is 0 Å². The molecule has 2 heterocycles. The van der Waals surface area contributed by atoms with E-state index in [-0.39, 0.29) is 11.0 Å². The van der Waals surface area contributed by atoms with Crippen LogP contribution in [0.25, 0.3) is 11.0 Å². The van der Waals surface area contributed by atoms with Crippen molar-refractivity contribution in [3.63, 3.8) is 0 Å². The summed E-state index contributed by atoms with van der Waals surface area (Å²) in [4.78, 5) is 26.9. The van der Waals surface area contributed by atoms with Crippen LogP contribution < -0.4 is 11.4 Å². The van der Waals surface area contributed by atoms with Gasteiger partial charge in [0.1, 0.15) is 11.2 Å². The number of aromatic nitrogens is 2.